The van der Waals surface area contributed by atoms with Crippen molar-refractivity contribution < 1.29 is 32.5 Å². The van der Waals surface area contributed by atoms with E-state index in [0.29, 0.717) is 44.3 Å². The lowest BCUT2D eigenvalue weighted by Crippen LogP contribution is -2.46. The van der Waals surface area contributed by atoms with Crippen LogP contribution in [0.4, 0.5) is 18.9 Å². The number of halogens is 3. The number of aliphatic hydroxyl groups is 1. The molecule has 2 heterocycles. The van der Waals surface area contributed by atoms with Crippen molar-refractivity contribution in [1.82, 2.24) is 4.98 Å². The lowest BCUT2D eigenvalue weighted by molar-refractivity contribution is -0.189. The fourth-order valence-electron chi connectivity index (χ4n) is 4.52. The maximum Gasteiger partial charge on any atom is 0.425 e. The molecule has 1 aliphatic heterocycles. The second kappa shape index (κ2) is 9.55. The number of carbonyl (C=O) groups is 1. The number of carbonyl (C=O) groups excluding carboxylic acids is 1. The maximum absolute atomic E-state index is 13.3. The van der Waals surface area contributed by atoms with Crippen molar-refractivity contribution in [3.8, 4) is 5.88 Å². The molecule has 1 saturated carbocycles. The van der Waals surface area contributed by atoms with E-state index < -0.39 is 23.3 Å². The average molecular weight is 459 g/mol. The standard InChI is InChI=1S/C23H33F3N2O4/c1-4-18(5-2)31-15-22(30)10-8-21(9-11-22)12-13-28(20(21)29)17-6-7-19(27-14-17)32-16(3)23(24,25)26/h6-7,14,16,18,30H,4-5,8-13,15H2,1-3H3/t16-,21-,22-/m0/s1. The van der Waals surface area contributed by atoms with Gasteiger partial charge in [0.1, 0.15) is 0 Å². The number of nitrogens with zero attached hydrogens (tertiary/aromatic N) is 2. The van der Waals surface area contributed by atoms with Gasteiger partial charge >= 0.3 is 6.18 Å². The molecule has 1 atom stereocenters. The first-order valence-corrected chi connectivity index (χ1v) is 11.4. The van der Waals surface area contributed by atoms with E-state index in [4.69, 9.17) is 9.47 Å². The van der Waals surface area contributed by atoms with Crippen LogP contribution in [0.2, 0.25) is 0 Å². The van der Waals surface area contributed by atoms with Gasteiger partial charge in [0.25, 0.3) is 0 Å². The van der Waals surface area contributed by atoms with Gasteiger partial charge in [-0.1, -0.05) is 13.8 Å². The van der Waals surface area contributed by atoms with Gasteiger partial charge in [0.2, 0.25) is 11.8 Å². The van der Waals surface area contributed by atoms with Gasteiger partial charge in [0.05, 0.1) is 35.6 Å². The first kappa shape index (κ1) is 24.8. The zero-order chi connectivity index (χ0) is 23.6. The molecule has 1 aliphatic carbocycles. The van der Waals surface area contributed by atoms with Gasteiger partial charge in [-0.25, -0.2) is 4.98 Å². The van der Waals surface area contributed by atoms with E-state index in [1.54, 1.807) is 11.0 Å². The Bertz CT molecular complexity index is 772. The third-order valence-electron chi connectivity index (χ3n) is 6.94. The highest BCUT2D eigenvalue weighted by molar-refractivity contribution is 5.99. The van der Waals surface area contributed by atoms with Crippen LogP contribution < -0.4 is 9.64 Å². The fourth-order valence-corrected chi connectivity index (χ4v) is 4.52. The van der Waals surface area contributed by atoms with Crippen LogP contribution in [0.1, 0.15) is 65.7 Å². The van der Waals surface area contributed by atoms with Gasteiger partial charge < -0.3 is 19.5 Å². The van der Waals surface area contributed by atoms with Crippen molar-refractivity contribution in [3.63, 3.8) is 0 Å². The Labute approximate surface area is 187 Å². The molecule has 0 bridgehead atoms. The van der Waals surface area contributed by atoms with Gasteiger partial charge in [-0.15, -0.1) is 0 Å². The lowest BCUT2D eigenvalue weighted by atomic mass is 9.68. The van der Waals surface area contributed by atoms with Crippen LogP contribution in [-0.4, -0.2) is 53.1 Å². The van der Waals surface area contributed by atoms with Crippen molar-refractivity contribution in [3.05, 3.63) is 18.3 Å². The molecule has 2 aliphatic rings. The van der Waals surface area contributed by atoms with Gasteiger partial charge in [-0.3, -0.25) is 4.79 Å². The van der Waals surface area contributed by atoms with Gasteiger partial charge in [-0.05, 0) is 57.9 Å². The maximum atomic E-state index is 13.3. The SMILES string of the molecule is CCC(CC)OC[C@]1(O)CC[C@@]2(CCN(c3ccc(O[C@@H](C)C(F)(F)F)nc3)C2=O)CC1. The molecule has 9 heteroatoms. The number of hydrogen-bond donors (Lipinski definition) is 1. The smallest absolute Gasteiger partial charge is 0.425 e. The molecule has 3 rings (SSSR count). The average Bonchev–Trinajstić information content (AvgIpc) is 3.07. The summed E-state index contributed by atoms with van der Waals surface area (Å²) in [6, 6.07) is 2.91. The van der Waals surface area contributed by atoms with Crippen LogP contribution in [0.15, 0.2) is 18.3 Å². The Kier molecular flexibility index (Phi) is 7.39. The summed E-state index contributed by atoms with van der Waals surface area (Å²) in [5.41, 5.74) is -0.880. The van der Waals surface area contributed by atoms with Gasteiger partial charge in [0.15, 0.2) is 6.10 Å². The second-order valence-electron chi connectivity index (χ2n) is 9.12. The van der Waals surface area contributed by atoms with Gasteiger partial charge in [-0.2, -0.15) is 13.2 Å². The number of aromatic nitrogens is 1. The number of anilines is 1. The quantitative estimate of drug-likeness (QED) is 0.614. The van der Waals surface area contributed by atoms with Crippen LogP contribution in [-0.2, 0) is 9.53 Å². The predicted octanol–water partition coefficient (Wildman–Crippen LogP) is 4.64. The molecular formula is C23H33F3N2O4. The molecule has 6 nitrogen and oxygen atoms in total. The van der Waals surface area contributed by atoms with Crippen LogP contribution >= 0.6 is 0 Å². The minimum Gasteiger partial charge on any atom is -0.465 e. The Balaban J connectivity index is 1.59. The molecule has 0 aromatic carbocycles. The second-order valence-corrected chi connectivity index (χ2v) is 9.12. The Morgan fingerprint density at radius 2 is 1.81 bits per heavy atom. The molecule has 0 unspecified atom stereocenters. The molecule has 1 saturated heterocycles. The highest BCUT2D eigenvalue weighted by Crippen LogP contribution is 2.48. The van der Waals surface area contributed by atoms with Crippen LogP contribution in [0, 0.1) is 5.41 Å². The number of rotatable bonds is 8. The number of hydrogen-bond acceptors (Lipinski definition) is 5. The number of ether oxygens (including phenoxy) is 2. The lowest BCUT2D eigenvalue weighted by Gasteiger charge is -2.41. The minimum atomic E-state index is -4.47. The molecule has 2 fully saturated rings. The zero-order valence-corrected chi connectivity index (χ0v) is 19.0. The summed E-state index contributed by atoms with van der Waals surface area (Å²) in [4.78, 5) is 18.8. The normalized spacial score (nSPS) is 27.4. The summed E-state index contributed by atoms with van der Waals surface area (Å²) in [6.07, 6.45) is -0.264. The number of amides is 1. The molecule has 0 radical (unpaired) electrons. The third-order valence-corrected chi connectivity index (χ3v) is 6.94. The summed E-state index contributed by atoms with van der Waals surface area (Å²) < 4.78 is 48.7. The van der Waals surface area contributed by atoms with E-state index in [2.05, 4.69) is 18.8 Å². The molecule has 1 aromatic heterocycles. The Morgan fingerprint density at radius 1 is 1.16 bits per heavy atom. The first-order valence-electron chi connectivity index (χ1n) is 11.4. The molecule has 1 N–H and O–H groups in total. The molecular weight excluding hydrogens is 425 g/mol. The minimum absolute atomic E-state index is 0.0143. The zero-order valence-electron chi connectivity index (χ0n) is 19.0. The Morgan fingerprint density at radius 3 is 2.34 bits per heavy atom. The van der Waals surface area contributed by atoms with Crippen LogP contribution in [0.5, 0.6) is 5.88 Å². The van der Waals surface area contributed by atoms with Crippen molar-refractivity contribution in [2.75, 3.05) is 18.1 Å². The van der Waals surface area contributed by atoms with Crippen molar-refractivity contribution in [2.24, 2.45) is 5.41 Å². The van der Waals surface area contributed by atoms with E-state index in [9.17, 15) is 23.1 Å². The van der Waals surface area contributed by atoms with E-state index >= 15 is 0 Å². The van der Waals surface area contributed by atoms with E-state index in [0.717, 1.165) is 19.8 Å². The predicted molar refractivity (Wildman–Crippen MR) is 114 cm³/mol. The van der Waals surface area contributed by atoms with Gasteiger partial charge in [0, 0.05) is 12.6 Å². The summed E-state index contributed by atoms with van der Waals surface area (Å²) in [7, 11) is 0. The monoisotopic (exact) mass is 458 g/mol. The highest BCUT2D eigenvalue weighted by Gasteiger charge is 2.51. The number of pyridine rings is 1. The van der Waals surface area contributed by atoms with E-state index in [-0.39, 0.29) is 24.5 Å². The molecule has 1 spiro atoms. The molecule has 180 valence electrons. The molecule has 1 amide bonds. The van der Waals surface area contributed by atoms with Crippen molar-refractivity contribution in [2.45, 2.75) is 89.7 Å². The van der Waals surface area contributed by atoms with Crippen LogP contribution in [0.3, 0.4) is 0 Å². The highest BCUT2D eigenvalue weighted by atomic mass is 19.4. The van der Waals surface area contributed by atoms with Crippen LogP contribution in [0.25, 0.3) is 0 Å². The number of alkyl halides is 3. The van der Waals surface area contributed by atoms with Crippen molar-refractivity contribution >= 4 is 11.6 Å². The summed E-state index contributed by atoms with van der Waals surface area (Å²) >= 11 is 0. The van der Waals surface area contributed by atoms with E-state index in [1.165, 1.54) is 12.3 Å². The summed E-state index contributed by atoms with van der Waals surface area (Å²) in [6.45, 7) is 5.84. The molecule has 1 aromatic rings. The van der Waals surface area contributed by atoms with E-state index in [1.807, 2.05) is 0 Å². The summed E-state index contributed by atoms with van der Waals surface area (Å²) in [5.74, 6) is -0.153. The first-order chi connectivity index (χ1) is 15.0. The third kappa shape index (κ3) is 5.36. The fraction of sp³-hybridized carbons (Fsp3) is 0.739. The summed E-state index contributed by atoms with van der Waals surface area (Å²) in [5, 5.41) is 10.9. The Hall–Kier alpha value is -1.87. The topological polar surface area (TPSA) is 71.9 Å². The van der Waals surface area contributed by atoms with Crippen molar-refractivity contribution in [1.29, 1.82) is 0 Å². The molecule has 32 heavy (non-hydrogen) atoms. The largest absolute Gasteiger partial charge is 0.465 e.